The quantitative estimate of drug-likeness (QED) is 0.766. The lowest BCUT2D eigenvalue weighted by Crippen LogP contribution is -2.44. The summed E-state index contributed by atoms with van der Waals surface area (Å²) in [5, 5.41) is 15.3. The average Bonchev–Trinajstić information content (AvgIpc) is 2.64. The lowest BCUT2D eigenvalue weighted by atomic mass is 9.89. The van der Waals surface area contributed by atoms with Gasteiger partial charge < -0.3 is 19.7 Å². The third-order valence-electron chi connectivity index (χ3n) is 2.77. The summed E-state index contributed by atoms with van der Waals surface area (Å²) in [5.41, 5.74) is -0.0554. The van der Waals surface area contributed by atoms with Crippen LogP contribution in [0.2, 0.25) is 0 Å². The van der Waals surface area contributed by atoms with E-state index in [0.29, 0.717) is 24.5 Å². The molecule has 1 heterocycles. The van der Waals surface area contributed by atoms with E-state index < -0.39 is 5.97 Å². The van der Waals surface area contributed by atoms with Crippen molar-refractivity contribution < 1.29 is 19.2 Å². The second-order valence-corrected chi connectivity index (χ2v) is 3.89. The zero-order valence-electron chi connectivity index (χ0n) is 8.97. The molecule has 0 aliphatic heterocycles. The van der Waals surface area contributed by atoms with E-state index in [1.54, 1.807) is 7.11 Å². The number of hydrogen-bond donors (Lipinski definition) is 2. The molecule has 1 aromatic rings. The first-order valence-corrected chi connectivity index (χ1v) is 5.14. The van der Waals surface area contributed by atoms with Gasteiger partial charge in [0.15, 0.2) is 11.5 Å². The zero-order valence-corrected chi connectivity index (χ0v) is 8.97. The van der Waals surface area contributed by atoms with Crippen molar-refractivity contribution in [2.45, 2.75) is 31.5 Å². The zero-order chi connectivity index (χ0) is 11.5. The Morgan fingerprint density at radius 3 is 3.06 bits per heavy atom. The molecule has 0 atom stereocenters. The first-order chi connectivity index (χ1) is 7.69. The molecule has 2 N–H and O–H groups in total. The van der Waals surface area contributed by atoms with Gasteiger partial charge in [0.1, 0.15) is 0 Å². The molecule has 1 saturated carbocycles. The molecular formula is C10H14N2O4. The SMILES string of the molecule is COC1CC(NCc2cc(C(=O)O)no2)C1. The minimum absolute atomic E-state index is 0.0554. The van der Waals surface area contributed by atoms with E-state index in [2.05, 4.69) is 10.5 Å². The highest BCUT2D eigenvalue weighted by Gasteiger charge is 2.28. The molecule has 0 amide bonds. The Morgan fingerprint density at radius 2 is 2.50 bits per heavy atom. The van der Waals surface area contributed by atoms with Crippen molar-refractivity contribution in [1.82, 2.24) is 10.5 Å². The van der Waals surface area contributed by atoms with Crippen LogP contribution >= 0.6 is 0 Å². The second-order valence-electron chi connectivity index (χ2n) is 3.89. The molecule has 6 nitrogen and oxygen atoms in total. The molecule has 0 radical (unpaired) electrons. The minimum Gasteiger partial charge on any atom is -0.476 e. The van der Waals surface area contributed by atoms with Crippen molar-refractivity contribution in [3.63, 3.8) is 0 Å². The van der Waals surface area contributed by atoms with Crippen molar-refractivity contribution in [2.75, 3.05) is 7.11 Å². The summed E-state index contributed by atoms with van der Waals surface area (Å²) in [4.78, 5) is 10.5. The Balaban J connectivity index is 1.75. The topological polar surface area (TPSA) is 84.6 Å². The normalized spacial score (nSPS) is 24.1. The van der Waals surface area contributed by atoms with Gasteiger partial charge in [-0.05, 0) is 12.8 Å². The average molecular weight is 226 g/mol. The van der Waals surface area contributed by atoms with E-state index >= 15 is 0 Å². The van der Waals surface area contributed by atoms with Crippen LogP contribution in [0, 0.1) is 0 Å². The number of rotatable bonds is 5. The van der Waals surface area contributed by atoms with Gasteiger partial charge >= 0.3 is 5.97 Å². The van der Waals surface area contributed by atoms with Crippen LogP contribution in [0.1, 0.15) is 29.1 Å². The van der Waals surface area contributed by atoms with Crippen molar-refractivity contribution in [3.05, 3.63) is 17.5 Å². The summed E-state index contributed by atoms with van der Waals surface area (Å²) in [6.07, 6.45) is 2.31. The van der Waals surface area contributed by atoms with Gasteiger partial charge in [0.05, 0.1) is 12.6 Å². The second kappa shape index (κ2) is 4.63. The first kappa shape index (κ1) is 11.1. The fourth-order valence-corrected chi connectivity index (χ4v) is 1.67. The Morgan fingerprint density at radius 1 is 1.75 bits per heavy atom. The Hall–Kier alpha value is -1.40. The molecule has 1 aliphatic carbocycles. The highest BCUT2D eigenvalue weighted by Crippen LogP contribution is 2.22. The van der Waals surface area contributed by atoms with Gasteiger partial charge in [0.25, 0.3) is 0 Å². The molecule has 16 heavy (non-hydrogen) atoms. The van der Waals surface area contributed by atoms with E-state index in [0.717, 1.165) is 12.8 Å². The number of nitrogens with zero attached hydrogens (tertiary/aromatic N) is 1. The summed E-state index contributed by atoms with van der Waals surface area (Å²) >= 11 is 0. The molecule has 6 heteroatoms. The van der Waals surface area contributed by atoms with E-state index in [4.69, 9.17) is 14.4 Å². The third kappa shape index (κ3) is 2.40. The molecule has 1 aromatic heterocycles. The van der Waals surface area contributed by atoms with Gasteiger partial charge in [-0.1, -0.05) is 5.16 Å². The maximum Gasteiger partial charge on any atom is 0.358 e. The number of nitrogens with one attached hydrogen (secondary N) is 1. The van der Waals surface area contributed by atoms with Crippen LogP contribution in [-0.2, 0) is 11.3 Å². The van der Waals surface area contributed by atoms with Crippen LogP contribution < -0.4 is 5.32 Å². The standard InChI is InChI=1S/C10H14N2O4/c1-15-7-2-6(3-7)11-5-8-4-9(10(13)14)12-16-8/h4,6-7,11H,2-3,5H2,1H3,(H,13,14). The molecule has 0 saturated heterocycles. The number of ether oxygens (including phenoxy) is 1. The van der Waals surface area contributed by atoms with Crippen LogP contribution in [0.25, 0.3) is 0 Å². The molecule has 1 aliphatic rings. The van der Waals surface area contributed by atoms with Gasteiger partial charge in [-0.2, -0.15) is 0 Å². The predicted molar refractivity (Wildman–Crippen MR) is 54.1 cm³/mol. The van der Waals surface area contributed by atoms with E-state index in [1.165, 1.54) is 6.07 Å². The number of carboxylic acid groups (broad SMARTS) is 1. The van der Waals surface area contributed by atoms with E-state index in [9.17, 15) is 4.79 Å². The molecular weight excluding hydrogens is 212 g/mol. The lowest BCUT2D eigenvalue weighted by molar-refractivity contribution is 0.0164. The van der Waals surface area contributed by atoms with Gasteiger partial charge in [0, 0.05) is 19.2 Å². The summed E-state index contributed by atoms with van der Waals surface area (Å²) in [6, 6.07) is 1.85. The van der Waals surface area contributed by atoms with Crippen molar-refractivity contribution in [1.29, 1.82) is 0 Å². The molecule has 0 bridgehead atoms. The van der Waals surface area contributed by atoms with Gasteiger partial charge in [0.2, 0.25) is 0 Å². The van der Waals surface area contributed by atoms with E-state index in [1.807, 2.05) is 0 Å². The number of aromatic carboxylic acids is 1. The maximum absolute atomic E-state index is 10.5. The van der Waals surface area contributed by atoms with Crippen LogP contribution in [0.3, 0.4) is 0 Å². The fraction of sp³-hybridized carbons (Fsp3) is 0.600. The largest absolute Gasteiger partial charge is 0.476 e. The highest BCUT2D eigenvalue weighted by atomic mass is 16.5. The molecule has 0 unspecified atom stereocenters. The Kier molecular flexibility index (Phi) is 3.21. The van der Waals surface area contributed by atoms with Crippen LogP contribution in [0.4, 0.5) is 0 Å². The van der Waals surface area contributed by atoms with Crippen molar-refractivity contribution in [2.24, 2.45) is 0 Å². The lowest BCUT2D eigenvalue weighted by Gasteiger charge is -2.34. The van der Waals surface area contributed by atoms with Crippen molar-refractivity contribution in [3.8, 4) is 0 Å². The first-order valence-electron chi connectivity index (χ1n) is 5.14. The third-order valence-corrected chi connectivity index (χ3v) is 2.77. The fourth-order valence-electron chi connectivity index (χ4n) is 1.67. The monoisotopic (exact) mass is 226 g/mol. The summed E-state index contributed by atoms with van der Waals surface area (Å²) in [6.45, 7) is 0.501. The molecule has 0 spiro atoms. The molecule has 1 fully saturated rings. The predicted octanol–water partition coefficient (Wildman–Crippen LogP) is 0.640. The van der Waals surface area contributed by atoms with E-state index in [-0.39, 0.29) is 5.69 Å². The van der Waals surface area contributed by atoms with Crippen molar-refractivity contribution >= 4 is 5.97 Å². The summed E-state index contributed by atoms with van der Waals surface area (Å²) < 4.78 is 10.0. The number of carboxylic acids is 1. The van der Waals surface area contributed by atoms with Crippen LogP contribution in [0.5, 0.6) is 0 Å². The smallest absolute Gasteiger partial charge is 0.358 e. The molecule has 88 valence electrons. The highest BCUT2D eigenvalue weighted by molar-refractivity contribution is 5.85. The molecule has 0 aromatic carbocycles. The Bertz CT molecular complexity index is 371. The Labute approximate surface area is 92.6 Å². The van der Waals surface area contributed by atoms with Gasteiger partial charge in [-0.3, -0.25) is 0 Å². The minimum atomic E-state index is -1.07. The van der Waals surface area contributed by atoms with Gasteiger partial charge in [-0.25, -0.2) is 4.79 Å². The molecule has 2 rings (SSSR count). The number of carbonyl (C=O) groups is 1. The van der Waals surface area contributed by atoms with Gasteiger partial charge in [-0.15, -0.1) is 0 Å². The number of hydrogen-bond acceptors (Lipinski definition) is 5. The van der Waals surface area contributed by atoms with Crippen LogP contribution in [0.15, 0.2) is 10.6 Å². The summed E-state index contributed by atoms with van der Waals surface area (Å²) in [5.74, 6) is -0.531. The van der Waals surface area contributed by atoms with Crippen LogP contribution in [-0.4, -0.2) is 35.5 Å². The summed E-state index contributed by atoms with van der Waals surface area (Å²) in [7, 11) is 1.70. The maximum atomic E-state index is 10.5. The number of aromatic nitrogens is 1. The number of methoxy groups -OCH3 is 1.